The summed E-state index contributed by atoms with van der Waals surface area (Å²) in [6, 6.07) is 5.04. The van der Waals surface area contributed by atoms with Gasteiger partial charge < -0.3 is 4.79 Å². The molecule has 0 aliphatic heterocycles. The van der Waals surface area contributed by atoms with Crippen LogP contribution in [0.3, 0.4) is 0 Å². The van der Waals surface area contributed by atoms with Crippen LogP contribution in [0.2, 0.25) is 0 Å². The third-order valence-electron chi connectivity index (χ3n) is 2.54. The van der Waals surface area contributed by atoms with E-state index in [4.69, 9.17) is 0 Å². The van der Waals surface area contributed by atoms with Crippen molar-refractivity contribution in [1.82, 2.24) is 4.98 Å². The smallest absolute Gasteiger partial charge is 0.188 e. The predicted octanol–water partition coefficient (Wildman–Crippen LogP) is 2.37. The van der Waals surface area contributed by atoms with Crippen LogP contribution in [0.4, 0.5) is 0 Å². The Balaban J connectivity index is 2.28. The van der Waals surface area contributed by atoms with Gasteiger partial charge in [0, 0.05) is 19.0 Å². The van der Waals surface area contributed by atoms with Gasteiger partial charge in [-0.05, 0) is 31.9 Å². The lowest BCUT2D eigenvalue weighted by Crippen LogP contribution is -2.09. The van der Waals surface area contributed by atoms with Gasteiger partial charge in [-0.15, -0.1) is 0 Å². The van der Waals surface area contributed by atoms with Crippen molar-refractivity contribution in [2.75, 3.05) is 0 Å². The zero-order valence-corrected chi connectivity index (χ0v) is 10.5. The van der Waals surface area contributed by atoms with Crippen molar-refractivity contribution >= 4 is 17.3 Å². The van der Waals surface area contributed by atoms with Gasteiger partial charge >= 0.3 is 0 Å². The second-order valence-corrected chi connectivity index (χ2v) is 4.26. The first-order chi connectivity index (χ1) is 8.59. The number of unbranched alkanes of at least 4 members (excludes halogenated alkanes) is 1. The SMILES string of the molecule is CC(=O)CCCCC(=O)CC(=O)c1ccccn1. The molecule has 0 aliphatic carbocycles. The van der Waals surface area contributed by atoms with Crippen molar-refractivity contribution in [2.24, 2.45) is 0 Å². The number of ketones is 3. The molecule has 0 spiro atoms. The Labute approximate surface area is 106 Å². The van der Waals surface area contributed by atoms with Gasteiger partial charge in [-0.2, -0.15) is 0 Å². The molecule has 4 nitrogen and oxygen atoms in total. The zero-order valence-electron chi connectivity index (χ0n) is 10.5. The van der Waals surface area contributed by atoms with Gasteiger partial charge in [0.05, 0.1) is 6.42 Å². The largest absolute Gasteiger partial charge is 0.300 e. The molecule has 4 heteroatoms. The van der Waals surface area contributed by atoms with Gasteiger partial charge in [-0.25, -0.2) is 0 Å². The predicted molar refractivity (Wildman–Crippen MR) is 67.3 cm³/mol. The second-order valence-electron chi connectivity index (χ2n) is 4.26. The molecule has 0 unspecified atom stereocenters. The zero-order chi connectivity index (χ0) is 13.4. The Kier molecular flexibility index (Phi) is 5.91. The van der Waals surface area contributed by atoms with Crippen molar-refractivity contribution in [3.63, 3.8) is 0 Å². The first-order valence-corrected chi connectivity index (χ1v) is 6.05. The summed E-state index contributed by atoms with van der Waals surface area (Å²) in [5, 5.41) is 0. The summed E-state index contributed by atoms with van der Waals surface area (Å²) >= 11 is 0. The topological polar surface area (TPSA) is 64.1 Å². The average Bonchev–Trinajstić information content (AvgIpc) is 2.35. The number of aromatic nitrogens is 1. The number of hydrogen-bond acceptors (Lipinski definition) is 4. The Morgan fingerprint density at radius 1 is 1.11 bits per heavy atom. The van der Waals surface area contributed by atoms with E-state index in [-0.39, 0.29) is 23.8 Å². The maximum Gasteiger partial charge on any atom is 0.188 e. The molecule has 0 aromatic carbocycles. The lowest BCUT2D eigenvalue weighted by Gasteiger charge is -2.00. The monoisotopic (exact) mass is 247 g/mol. The van der Waals surface area contributed by atoms with Gasteiger partial charge in [0.2, 0.25) is 0 Å². The standard InChI is InChI=1S/C14H17NO3/c1-11(16)6-2-3-7-12(17)10-14(18)13-8-4-5-9-15-13/h4-5,8-9H,2-3,6-7,10H2,1H3. The molecular formula is C14H17NO3. The average molecular weight is 247 g/mol. The highest BCUT2D eigenvalue weighted by molar-refractivity contribution is 6.06. The van der Waals surface area contributed by atoms with Crippen LogP contribution >= 0.6 is 0 Å². The van der Waals surface area contributed by atoms with E-state index >= 15 is 0 Å². The number of rotatable bonds is 8. The molecule has 18 heavy (non-hydrogen) atoms. The van der Waals surface area contributed by atoms with Crippen molar-refractivity contribution in [3.8, 4) is 0 Å². The third-order valence-corrected chi connectivity index (χ3v) is 2.54. The van der Waals surface area contributed by atoms with E-state index in [0.29, 0.717) is 31.4 Å². The Morgan fingerprint density at radius 3 is 2.44 bits per heavy atom. The van der Waals surface area contributed by atoms with Crippen LogP contribution in [-0.2, 0) is 9.59 Å². The quantitative estimate of drug-likeness (QED) is 0.402. The first-order valence-electron chi connectivity index (χ1n) is 6.05. The molecule has 0 aliphatic rings. The van der Waals surface area contributed by atoms with Crippen molar-refractivity contribution in [1.29, 1.82) is 0 Å². The van der Waals surface area contributed by atoms with Crippen LogP contribution in [0, 0.1) is 0 Å². The lowest BCUT2D eigenvalue weighted by molar-refractivity contribution is -0.119. The Hall–Kier alpha value is -1.84. The fourth-order valence-corrected chi connectivity index (χ4v) is 1.58. The highest BCUT2D eigenvalue weighted by Gasteiger charge is 2.12. The molecule has 0 fully saturated rings. The molecule has 0 N–H and O–H groups in total. The van der Waals surface area contributed by atoms with E-state index in [2.05, 4.69) is 4.98 Å². The molecule has 1 rings (SSSR count). The molecule has 1 aromatic heterocycles. The first kappa shape index (κ1) is 14.2. The summed E-state index contributed by atoms with van der Waals surface area (Å²) < 4.78 is 0. The molecule has 0 saturated heterocycles. The van der Waals surface area contributed by atoms with Gasteiger partial charge in [0.25, 0.3) is 0 Å². The normalized spacial score (nSPS) is 10.1. The molecule has 0 bridgehead atoms. The molecule has 1 aromatic rings. The summed E-state index contributed by atoms with van der Waals surface area (Å²) in [7, 11) is 0. The van der Waals surface area contributed by atoms with Gasteiger partial charge in [-0.3, -0.25) is 14.6 Å². The van der Waals surface area contributed by atoms with E-state index in [9.17, 15) is 14.4 Å². The molecule has 0 radical (unpaired) electrons. The van der Waals surface area contributed by atoms with Crippen LogP contribution in [0.15, 0.2) is 24.4 Å². The molecule has 0 saturated carbocycles. The Bertz CT molecular complexity index is 426. The number of nitrogens with zero attached hydrogens (tertiary/aromatic N) is 1. The minimum Gasteiger partial charge on any atom is -0.300 e. The summed E-state index contributed by atoms with van der Waals surface area (Å²) in [6.45, 7) is 1.53. The number of Topliss-reactive ketones (excluding diaryl/α,β-unsaturated/α-hetero) is 3. The summed E-state index contributed by atoms with van der Waals surface area (Å²) in [5.41, 5.74) is 0.328. The summed E-state index contributed by atoms with van der Waals surface area (Å²) in [4.78, 5) is 37.8. The molecule has 0 atom stereocenters. The van der Waals surface area contributed by atoms with Gasteiger partial charge in [0.1, 0.15) is 17.3 Å². The fraction of sp³-hybridized carbons (Fsp3) is 0.429. The van der Waals surface area contributed by atoms with Crippen LogP contribution in [0.1, 0.15) is 49.5 Å². The fourth-order valence-electron chi connectivity index (χ4n) is 1.58. The highest BCUT2D eigenvalue weighted by atomic mass is 16.1. The van der Waals surface area contributed by atoms with Crippen LogP contribution < -0.4 is 0 Å². The minimum atomic E-state index is -0.243. The van der Waals surface area contributed by atoms with Crippen LogP contribution in [0.5, 0.6) is 0 Å². The Morgan fingerprint density at radius 2 is 1.83 bits per heavy atom. The number of pyridine rings is 1. The van der Waals surface area contributed by atoms with Crippen molar-refractivity contribution < 1.29 is 14.4 Å². The molecule has 1 heterocycles. The van der Waals surface area contributed by atoms with Gasteiger partial charge in [-0.1, -0.05) is 6.07 Å². The highest BCUT2D eigenvalue weighted by Crippen LogP contribution is 2.06. The maximum absolute atomic E-state index is 11.7. The van der Waals surface area contributed by atoms with E-state index in [1.807, 2.05) is 0 Å². The number of carbonyl (C=O) groups is 3. The summed E-state index contributed by atoms with van der Waals surface area (Å²) in [5.74, 6) is -0.201. The molecular weight excluding hydrogens is 230 g/mol. The number of carbonyl (C=O) groups excluding carboxylic acids is 3. The maximum atomic E-state index is 11.7. The summed E-state index contributed by atoms with van der Waals surface area (Å²) in [6.07, 6.45) is 3.65. The van der Waals surface area contributed by atoms with Crippen LogP contribution in [0.25, 0.3) is 0 Å². The van der Waals surface area contributed by atoms with Crippen molar-refractivity contribution in [2.45, 2.75) is 39.0 Å². The van der Waals surface area contributed by atoms with E-state index in [1.165, 1.54) is 13.1 Å². The minimum absolute atomic E-state index is 0.0887. The molecule has 96 valence electrons. The van der Waals surface area contributed by atoms with Gasteiger partial charge in [0.15, 0.2) is 5.78 Å². The van der Waals surface area contributed by atoms with Crippen LogP contribution in [-0.4, -0.2) is 22.3 Å². The second kappa shape index (κ2) is 7.48. The van der Waals surface area contributed by atoms with E-state index in [0.717, 1.165) is 0 Å². The number of hydrogen-bond donors (Lipinski definition) is 0. The van der Waals surface area contributed by atoms with E-state index < -0.39 is 0 Å². The lowest BCUT2D eigenvalue weighted by atomic mass is 10.0. The van der Waals surface area contributed by atoms with Crippen molar-refractivity contribution in [3.05, 3.63) is 30.1 Å². The third kappa shape index (κ3) is 5.48. The van der Waals surface area contributed by atoms with E-state index in [1.54, 1.807) is 18.2 Å². The molecule has 0 amide bonds.